The molecule has 0 saturated carbocycles. The van der Waals surface area contributed by atoms with Crippen LogP contribution in [0.4, 0.5) is 0 Å². The van der Waals surface area contributed by atoms with Gasteiger partial charge in [0, 0.05) is 0 Å². The molecule has 0 aliphatic rings. The molecule has 1 unspecified atom stereocenters. The minimum Gasteiger partial charge on any atom is -0.457 e. The number of ether oxygens (including phenoxy) is 2. The molecule has 1 rings (SSSR count). The summed E-state index contributed by atoms with van der Waals surface area (Å²) in [6.07, 6.45) is 1.11. The van der Waals surface area contributed by atoms with Gasteiger partial charge in [-0.25, -0.2) is 9.59 Å². The lowest BCUT2D eigenvalue weighted by Crippen LogP contribution is -2.27. The van der Waals surface area contributed by atoms with Gasteiger partial charge in [-0.1, -0.05) is 39.8 Å². The van der Waals surface area contributed by atoms with Crippen LogP contribution in [-0.2, 0) is 14.3 Å². The molecule has 1 atom stereocenters. The number of carbonyl (C=O) groups is 2. The van der Waals surface area contributed by atoms with Gasteiger partial charge in [0.1, 0.15) is 5.60 Å². The van der Waals surface area contributed by atoms with Crippen LogP contribution in [-0.4, -0.2) is 24.1 Å². The third-order valence-electron chi connectivity index (χ3n) is 3.85. The predicted octanol–water partition coefficient (Wildman–Crippen LogP) is 4.97. The first kappa shape index (κ1) is 21.2. The molecular weight excluding hydrogens is 316 g/mol. The quantitative estimate of drug-likeness (QED) is 0.653. The molecular formula is C21H32O4. The topological polar surface area (TPSA) is 52.6 Å². The number of rotatable bonds is 7. The van der Waals surface area contributed by atoms with E-state index in [0.717, 1.165) is 6.42 Å². The molecule has 0 aliphatic carbocycles. The lowest BCUT2D eigenvalue weighted by molar-refractivity contribution is -0.158. The highest BCUT2D eigenvalue weighted by Crippen LogP contribution is 2.31. The van der Waals surface area contributed by atoms with E-state index in [1.165, 1.54) is 5.56 Å². The fourth-order valence-electron chi connectivity index (χ4n) is 2.75. The minimum atomic E-state index is -0.590. The molecule has 0 bridgehead atoms. The Labute approximate surface area is 151 Å². The number of benzene rings is 1. The van der Waals surface area contributed by atoms with Crippen LogP contribution in [0.1, 0.15) is 76.7 Å². The largest absolute Gasteiger partial charge is 0.457 e. The molecule has 0 amide bonds. The molecule has 1 aromatic rings. The van der Waals surface area contributed by atoms with Crippen LogP contribution < -0.4 is 0 Å². The van der Waals surface area contributed by atoms with Crippen molar-refractivity contribution in [3.63, 3.8) is 0 Å². The summed E-state index contributed by atoms with van der Waals surface area (Å²) in [5.74, 6) is 0.557. The number of carbonyl (C=O) groups excluding carboxylic acids is 2. The fourth-order valence-corrected chi connectivity index (χ4v) is 2.75. The van der Waals surface area contributed by atoms with E-state index in [2.05, 4.69) is 27.7 Å². The van der Waals surface area contributed by atoms with Crippen LogP contribution in [0.15, 0.2) is 24.3 Å². The third kappa shape index (κ3) is 7.72. The summed E-state index contributed by atoms with van der Waals surface area (Å²) in [5.41, 5.74) is 1.08. The van der Waals surface area contributed by atoms with Crippen molar-refractivity contribution in [1.82, 2.24) is 0 Å². The second-order valence-corrected chi connectivity index (χ2v) is 8.26. The van der Waals surface area contributed by atoms with Crippen molar-refractivity contribution in [2.75, 3.05) is 6.61 Å². The zero-order valence-electron chi connectivity index (χ0n) is 16.6. The van der Waals surface area contributed by atoms with Crippen molar-refractivity contribution in [3.8, 4) is 0 Å². The molecule has 0 saturated heterocycles. The van der Waals surface area contributed by atoms with Crippen LogP contribution in [0.2, 0.25) is 0 Å². The molecule has 4 nitrogen and oxygen atoms in total. The van der Waals surface area contributed by atoms with Gasteiger partial charge in [-0.05, 0) is 62.6 Å². The van der Waals surface area contributed by atoms with Crippen LogP contribution >= 0.6 is 0 Å². The Hall–Kier alpha value is -1.84. The van der Waals surface area contributed by atoms with Crippen LogP contribution in [0, 0.1) is 11.8 Å². The molecule has 0 aromatic heterocycles. The first-order valence-corrected chi connectivity index (χ1v) is 8.98. The highest BCUT2D eigenvalue weighted by Gasteiger charge is 2.20. The van der Waals surface area contributed by atoms with E-state index in [1.807, 2.05) is 12.1 Å². The van der Waals surface area contributed by atoms with E-state index < -0.39 is 17.5 Å². The summed E-state index contributed by atoms with van der Waals surface area (Å²) < 4.78 is 10.2. The first-order chi connectivity index (χ1) is 11.5. The van der Waals surface area contributed by atoms with Crippen molar-refractivity contribution in [2.24, 2.45) is 11.8 Å². The second kappa shape index (κ2) is 9.02. The average Bonchev–Trinajstić information content (AvgIpc) is 2.48. The molecule has 1 aromatic carbocycles. The lowest BCUT2D eigenvalue weighted by atomic mass is 9.82. The highest BCUT2D eigenvalue weighted by molar-refractivity contribution is 5.90. The Morgan fingerprint density at radius 1 is 1.00 bits per heavy atom. The normalized spacial score (nSPS) is 13.0. The second-order valence-electron chi connectivity index (χ2n) is 8.26. The van der Waals surface area contributed by atoms with Gasteiger partial charge < -0.3 is 9.47 Å². The van der Waals surface area contributed by atoms with Gasteiger partial charge in [-0.3, -0.25) is 0 Å². The maximum absolute atomic E-state index is 12.1. The van der Waals surface area contributed by atoms with Crippen molar-refractivity contribution in [1.29, 1.82) is 0 Å². The Balaban J connectivity index is 2.68. The zero-order chi connectivity index (χ0) is 19.2. The lowest BCUT2D eigenvalue weighted by Gasteiger charge is -2.23. The molecule has 0 heterocycles. The van der Waals surface area contributed by atoms with E-state index in [1.54, 1.807) is 32.9 Å². The van der Waals surface area contributed by atoms with E-state index in [4.69, 9.17) is 9.47 Å². The van der Waals surface area contributed by atoms with Gasteiger partial charge in [0.25, 0.3) is 0 Å². The maximum Gasteiger partial charge on any atom is 0.344 e. The van der Waals surface area contributed by atoms with E-state index >= 15 is 0 Å². The van der Waals surface area contributed by atoms with Crippen molar-refractivity contribution in [2.45, 2.75) is 66.4 Å². The predicted molar refractivity (Wildman–Crippen MR) is 99.6 cm³/mol. The smallest absolute Gasteiger partial charge is 0.344 e. The van der Waals surface area contributed by atoms with Gasteiger partial charge in [0.15, 0.2) is 6.61 Å². The molecule has 0 N–H and O–H groups in total. The molecule has 0 fully saturated rings. The Kier molecular flexibility index (Phi) is 7.65. The third-order valence-corrected chi connectivity index (χ3v) is 3.85. The van der Waals surface area contributed by atoms with Gasteiger partial charge >= 0.3 is 11.9 Å². The van der Waals surface area contributed by atoms with Crippen LogP contribution in [0.3, 0.4) is 0 Å². The van der Waals surface area contributed by atoms with E-state index in [0.29, 0.717) is 23.3 Å². The maximum atomic E-state index is 12.1. The summed E-state index contributed by atoms with van der Waals surface area (Å²) in [4.78, 5) is 23.7. The first-order valence-electron chi connectivity index (χ1n) is 8.98. The minimum absolute atomic E-state index is 0.375. The Morgan fingerprint density at radius 3 is 2.00 bits per heavy atom. The van der Waals surface area contributed by atoms with E-state index in [-0.39, 0.29) is 6.61 Å². The Morgan fingerprint density at radius 2 is 1.56 bits per heavy atom. The molecule has 0 aliphatic heterocycles. The fraction of sp³-hybridized carbons (Fsp3) is 0.619. The number of hydrogen-bond donors (Lipinski definition) is 0. The molecule has 0 spiro atoms. The monoisotopic (exact) mass is 348 g/mol. The molecule has 0 radical (unpaired) electrons. The van der Waals surface area contributed by atoms with Crippen LogP contribution in [0.25, 0.3) is 0 Å². The van der Waals surface area contributed by atoms with Crippen molar-refractivity contribution >= 4 is 11.9 Å². The summed E-state index contributed by atoms with van der Waals surface area (Å²) in [6.45, 7) is 13.8. The number of esters is 2. The van der Waals surface area contributed by atoms with E-state index in [9.17, 15) is 9.59 Å². The zero-order valence-corrected chi connectivity index (χ0v) is 16.6. The summed E-state index contributed by atoms with van der Waals surface area (Å²) >= 11 is 0. The summed E-state index contributed by atoms with van der Waals surface area (Å²) in [7, 11) is 0. The Bertz CT molecular complexity index is 565. The van der Waals surface area contributed by atoms with Gasteiger partial charge in [0.05, 0.1) is 5.56 Å². The summed E-state index contributed by atoms with van der Waals surface area (Å²) in [6, 6.07) is 7.50. The molecule has 4 heteroatoms. The molecule has 25 heavy (non-hydrogen) atoms. The SMILES string of the molecule is CC(C)CC(c1ccc(C(=O)OCC(=O)OC(C)(C)C)cc1)C(C)C. The van der Waals surface area contributed by atoms with Gasteiger partial charge in [0.2, 0.25) is 0 Å². The van der Waals surface area contributed by atoms with Crippen molar-refractivity contribution in [3.05, 3.63) is 35.4 Å². The van der Waals surface area contributed by atoms with Crippen molar-refractivity contribution < 1.29 is 19.1 Å². The van der Waals surface area contributed by atoms with Gasteiger partial charge in [-0.15, -0.1) is 0 Å². The summed E-state index contributed by atoms with van der Waals surface area (Å²) in [5, 5.41) is 0. The number of hydrogen-bond acceptors (Lipinski definition) is 4. The molecule has 140 valence electrons. The van der Waals surface area contributed by atoms with Crippen LogP contribution in [0.5, 0.6) is 0 Å². The highest BCUT2D eigenvalue weighted by atomic mass is 16.6. The standard InChI is InChI=1S/C21H32O4/c1-14(2)12-18(15(3)4)16-8-10-17(11-9-16)20(23)24-13-19(22)25-21(5,6)7/h8-11,14-15,18H,12-13H2,1-7H3. The van der Waals surface area contributed by atoms with Gasteiger partial charge in [-0.2, -0.15) is 0 Å². The average molecular weight is 348 g/mol.